The largest absolute Gasteiger partial charge is 0.392 e. The third-order valence-corrected chi connectivity index (χ3v) is 5.55. The minimum Gasteiger partial charge on any atom is -0.392 e. The number of amides is 1. The van der Waals surface area contributed by atoms with Crippen molar-refractivity contribution in [3.05, 3.63) is 48.3 Å². The maximum atomic E-state index is 13.1. The van der Waals surface area contributed by atoms with Gasteiger partial charge in [-0.05, 0) is 31.4 Å². The van der Waals surface area contributed by atoms with Crippen LogP contribution < -0.4 is 4.90 Å². The molecule has 2 saturated heterocycles. The summed E-state index contributed by atoms with van der Waals surface area (Å²) >= 11 is 0. The molecule has 0 aromatic carbocycles. The number of aliphatic hydroxyl groups is 1. The Morgan fingerprint density at radius 2 is 2.00 bits per heavy atom. The van der Waals surface area contributed by atoms with Gasteiger partial charge < -0.3 is 14.9 Å². The highest BCUT2D eigenvalue weighted by atomic mass is 19.1. The molecule has 4 heterocycles. The molecule has 1 amide bonds. The van der Waals surface area contributed by atoms with Gasteiger partial charge in [-0.1, -0.05) is 6.07 Å². The maximum Gasteiger partial charge on any atom is 0.272 e. The number of aliphatic hydroxyl groups excluding tert-OH is 1. The lowest BCUT2D eigenvalue weighted by atomic mass is 9.71. The average Bonchev–Trinajstić information content (AvgIpc) is 2.71. The Morgan fingerprint density at radius 1 is 1.19 bits per heavy atom. The second kappa shape index (κ2) is 7.19. The number of anilines is 1. The van der Waals surface area contributed by atoms with E-state index >= 15 is 0 Å². The lowest BCUT2D eigenvalue weighted by Gasteiger charge is -2.50. The quantitative estimate of drug-likeness (QED) is 0.862. The SMILES string of the molecule is O=C(c1ccccn1)N1CCC[C@]2(C1)CN(c1ncc(F)cn1)CC[C@H]2O. The number of hydrogen-bond donors (Lipinski definition) is 1. The predicted molar refractivity (Wildman–Crippen MR) is 96.6 cm³/mol. The fourth-order valence-corrected chi connectivity index (χ4v) is 4.17. The molecule has 1 spiro atoms. The van der Waals surface area contributed by atoms with E-state index in [2.05, 4.69) is 15.0 Å². The first-order valence-corrected chi connectivity index (χ1v) is 9.18. The molecule has 2 fully saturated rings. The van der Waals surface area contributed by atoms with Crippen molar-refractivity contribution in [1.29, 1.82) is 0 Å². The van der Waals surface area contributed by atoms with Crippen molar-refractivity contribution < 1.29 is 14.3 Å². The Balaban J connectivity index is 1.54. The number of rotatable bonds is 2. The normalized spacial score (nSPS) is 25.6. The van der Waals surface area contributed by atoms with Crippen molar-refractivity contribution in [3.63, 3.8) is 0 Å². The van der Waals surface area contributed by atoms with Gasteiger partial charge in [0.25, 0.3) is 5.91 Å². The highest BCUT2D eigenvalue weighted by Gasteiger charge is 2.47. The fraction of sp³-hybridized carbons (Fsp3) is 0.474. The summed E-state index contributed by atoms with van der Waals surface area (Å²) in [6.45, 7) is 2.24. The summed E-state index contributed by atoms with van der Waals surface area (Å²) in [5.41, 5.74) is -0.0304. The molecule has 1 N–H and O–H groups in total. The van der Waals surface area contributed by atoms with Crippen LogP contribution in [0.4, 0.5) is 10.3 Å². The third kappa shape index (κ3) is 3.49. The molecular weight excluding hydrogens is 349 g/mol. The second-order valence-electron chi connectivity index (χ2n) is 7.33. The van der Waals surface area contributed by atoms with Gasteiger partial charge in [-0.3, -0.25) is 9.78 Å². The summed E-state index contributed by atoms with van der Waals surface area (Å²) in [5, 5.41) is 10.8. The predicted octanol–water partition coefficient (Wildman–Crippen LogP) is 1.50. The number of nitrogens with zero attached hydrogens (tertiary/aromatic N) is 5. The van der Waals surface area contributed by atoms with Gasteiger partial charge in [0.2, 0.25) is 5.95 Å². The van der Waals surface area contributed by atoms with E-state index in [9.17, 15) is 14.3 Å². The van der Waals surface area contributed by atoms with Crippen LogP contribution in [-0.2, 0) is 0 Å². The molecule has 0 aliphatic carbocycles. The fourth-order valence-electron chi connectivity index (χ4n) is 4.17. The van der Waals surface area contributed by atoms with Crippen molar-refractivity contribution in [2.75, 3.05) is 31.1 Å². The van der Waals surface area contributed by atoms with Gasteiger partial charge in [0.1, 0.15) is 5.69 Å². The van der Waals surface area contributed by atoms with E-state index in [1.54, 1.807) is 29.3 Å². The van der Waals surface area contributed by atoms with Crippen molar-refractivity contribution in [2.24, 2.45) is 5.41 Å². The molecule has 7 nitrogen and oxygen atoms in total. The molecule has 4 rings (SSSR count). The molecular formula is C19H22FN5O2. The first-order valence-electron chi connectivity index (χ1n) is 9.18. The van der Waals surface area contributed by atoms with Crippen molar-refractivity contribution in [1.82, 2.24) is 19.9 Å². The van der Waals surface area contributed by atoms with E-state index in [4.69, 9.17) is 0 Å². The zero-order chi connectivity index (χ0) is 18.9. The van der Waals surface area contributed by atoms with Crippen LogP contribution in [0.15, 0.2) is 36.8 Å². The lowest BCUT2D eigenvalue weighted by Crippen LogP contribution is -2.60. The van der Waals surface area contributed by atoms with Crippen LogP contribution in [0.25, 0.3) is 0 Å². The molecule has 2 atom stereocenters. The first-order chi connectivity index (χ1) is 13.1. The number of aromatic nitrogens is 3. The van der Waals surface area contributed by atoms with Gasteiger partial charge in [-0.25, -0.2) is 14.4 Å². The molecule has 0 saturated carbocycles. The molecule has 0 bridgehead atoms. The summed E-state index contributed by atoms with van der Waals surface area (Å²) in [4.78, 5) is 28.9. The van der Waals surface area contributed by atoms with Gasteiger partial charge >= 0.3 is 0 Å². The zero-order valence-corrected chi connectivity index (χ0v) is 15.0. The Hall–Kier alpha value is -2.61. The van der Waals surface area contributed by atoms with E-state index in [0.717, 1.165) is 25.2 Å². The summed E-state index contributed by atoms with van der Waals surface area (Å²) < 4.78 is 13.1. The molecule has 0 unspecified atom stereocenters. The number of pyridine rings is 1. The van der Waals surface area contributed by atoms with Gasteiger partial charge in [0.15, 0.2) is 5.82 Å². The molecule has 2 aliphatic heterocycles. The molecule has 142 valence electrons. The van der Waals surface area contributed by atoms with Gasteiger partial charge in [-0.2, -0.15) is 0 Å². The Labute approximate surface area is 156 Å². The first kappa shape index (κ1) is 17.8. The number of piperidine rings is 2. The van der Waals surface area contributed by atoms with Crippen molar-refractivity contribution in [2.45, 2.75) is 25.4 Å². The zero-order valence-electron chi connectivity index (χ0n) is 15.0. The summed E-state index contributed by atoms with van der Waals surface area (Å²) in [6, 6.07) is 5.28. The van der Waals surface area contributed by atoms with Crippen LogP contribution >= 0.6 is 0 Å². The number of likely N-dealkylation sites (tertiary alicyclic amines) is 1. The van der Waals surface area contributed by atoms with Crippen LogP contribution in [0.1, 0.15) is 29.8 Å². The summed E-state index contributed by atoms with van der Waals surface area (Å²) in [7, 11) is 0. The number of halogens is 1. The standard InChI is InChI=1S/C19H22FN5O2/c20-14-10-22-18(23-11-14)25-9-5-16(26)19(13-25)6-3-8-24(12-19)17(27)15-4-1-2-7-21-15/h1-2,4,7,10-11,16,26H,3,5-6,8-9,12-13H2/t16-,19+/m1/s1. The highest BCUT2D eigenvalue weighted by Crippen LogP contribution is 2.39. The smallest absolute Gasteiger partial charge is 0.272 e. The van der Waals surface area contributed by atoms with Crippen molar-refractivity contribution >= 4 is 11.9 Å². The molecule has 8 heteroatoms. The van der Waals surface area contributed by atoms with E-state index in [1.165, 1.54) is 0 Å². The molecule has 2 aromatic heterocycles. The Bertz CT molecular complexity index is 804. The summed E-state index contributed by atoms with van der Waals surface area (Å²) in [5.74, 6) is -0.136. The van der Waals surface area contributed by atoms with E-state index < -0.39 is 17.3 Å². The number of hydrogen-bond acceptors (Lipinski definition) is 6. The molecule has 27 heavy (non-hydrogen) atoms. The summed E-state index contributed by atoms with van der Waals surface area (Å²) in [6.07, 6.45) is 5.59. The highest BCUT2D eigenvalue weighted by molar-refractivity contribution is 5.92. The van der Waals surface area contributed by atoms with Gasteiger partial charge in [0, 0.05) is 37.8 Å². The minimum atomic E-state index is -0.506. The minimum absolute atomic E-state index is 0.114. The Morgan fingerprint density at radius 3 is 2.74 bits per heavy atom. The van der Waals surface area contributed by atoms with E-state index in [0.29, 0.717) is 44.2 Å². The van der Waals surface area contributed by atoms with Gasteiger partial charge in [0.05, 0.1) is 18.5 Å². The van der Waals surface area contributed by atoms with Crippen LogP contribution in [-0.4, -0.2) is 63.1 Å². The van der Waals surface area contributed by atoms with E-state index in [-0.39, 0.29) is 5.91 Å². The lowest BCUT2D eigenvalue weighted by molar-refractivity contribution is -0.0365. The van der Waals surface area contributed by atoms with Crippen LogP contribution in [0.5, 0.6) is 0 Å². The van der Waals surface area contributed by atoms with Gasteiger partial charge in [-0.15, -0.1) is 0 Å². The van der Waals surface area contributed by atoms with Crippen LogP contribution in [0, 0.1) is 11.2 Å². The third-order valence-electron chi connectivity index (χ3n) is 5.55. The molecule has 2 aliphatic rings. The number of carbonyl (C=O) groups is 1. The maximum absolute atomic E-state index is 13.1. The second-order valence-corrected chi connectivity index (χ2v) is 7.33. The molecule has 0 radical (unpaired) electrons. The average molecular weight is 371 g/mol. The monoisotopic (exact) mass is 371 g/mol. The van der Waals surface area contributed by atoms with Crippen LogP contribution in [0.3, 0.4) is 0 Å². The topological polar surface area (TPSA) is 82.5 Å². The Kier molecular flexibility index (Phi) is 4.73. The van der Waals surface area contributed by atoms with Crippen molar-refractivity contribution in [3.8, 4) is 0 Å². The van der Waals surface area contributed by atoms with E-state index in [1.807, 2.05) is 4.90 Å². The van der Waals surface area contributed by atoms with Crippen LogP contribution in [0.2, 0.25) is 0 Å². The number of carbonyl (C=O) groups excluding carboxylic acids is 1. The molecule has 2 aromatic rings.